The highest BCUT2D eigenvalue weighted by Gasteiger charge is 2.42. The van der Waals surface area contributed by atoms with Crippen LogP contribution in [0.3, 0.4) is 0 Å². The molecule has 0 saturated heterocycles. The molecule has 1 unspecified atom stereocenters. The van der Waals surface area contributed by atoms with Gasteiger partial charge in [0.15, 0.2) is 7.14 Å². The predicted molar refractivity (Wildman–Crippen MR) is 225 cm³/mol. The smallest absolute Gasteiger partial charge is 0.172 e. The molecule has 0 N–H and O–H groups in total. The van der Waals surface area contributed by atoms with Gasteiger partial charge in [0.25, 0.3) is 0 Å². The summed E-state index contributed by atoms with van der Waals surface area (Å²) in [5.74, 6) is 0. The van der Waals surface area contributed by atoms with E-state index in [1.165, 1.54) is 43.8 Å². The van der Waals surface area contributed by atoms with Crippen molar-refractivity contribution in [3.8, 4) is 39.1 Å². The van der Waals surface area contributed by atoms with E-state index in [1.54, 1.807) is 0 Å². The highest BCUT2D eigenvalue weighted by atomic mass is 31.2. The zero-order valence-corrected chi connectivity index (χ0v) is 29.7. The van der Waals surface area contributed by atoms with Crippen LogP contribution in [0.2, 0.25) is 0 Å². The lowest BCUT2D eigenvalue weighted by Crippen LogP contribution is -2.21. The van der Waals surface area contributed by atoms with Crippen molar-refractivity contribution in [3.05, 3.63) is 194 Å². The van der Waals surface area contributed by atoms with E-state index in [1.807, 2.05) is 36.4 Å². The van der Waals surface area contributed by atoms with Crippen LogP contribution in [-0.4, -0.2) is 4.57 Å². The van der Waals surface area contributed by atoms with Crippen molar-refractivity contribution in [2.45, 2.75) is 0 Å². The van der Waals surface area contributed by atoms with Gasteiger partial charge in [-0.25, -0.2) is 0 Å². The first kappa shape index (κ1) is 30.2. The zero-order valence-electron chi connectivity index (χ0n) is 28.8. The Hall–Kier alpha value is -6.47. The van der Waals surface area contributed by atoms with Crippen LogP contribution < -0.4 is 15.9 Å². The molecule has 0 fully saturated rings. The highest BCUT2D eigenvalue weighted by molar-refractivity contribution is 7.86. The van der Waals surface area contributed by atoms with Crippen LogP contribution in [0, 0.1) is 0 Å². The molecule has 3 heteroatoms. The van der Waals surface area contributed by atoms with E-state index in [-0.39, 0.29) is 0 Å². The van der Waals surface area contributed by atoms with Crippen molar-refractivity contribution >= 4 is 66.4 Å². The number of aromatic nitrogens is 1. The predicted octanol–water partition coefficient (Wildman–Crippen LogP) is 12.0. The summed E-state index contributed by atoms with van der Waals surface area (Å²) in [7, 11) is -3.20. The minimum absolute atomic E-state index is 0.869. The van der Waals surface area contributed by atoms with Crippen LogP contribution in [0.1, 0.15) is 0 Å². The van der Waals surface area contributed by atoms with Gasteiger partial charge in [-0.1, -0.05) is 170 Å². The third-order valence-electron chi connectivity index (χ3n) is 11.2. The molecule has 1 aliphatic rings. The number of fused-ring (bicyclic) bond motifs is 9. The second kappa shape index (κ2) is 11.5. The van der Waals surface area contributed by atoms with Crippen molar-refractivity contribution in [2.24, 2.45) is 0 Å². The molecule has 9 aromatic carbocycles. The van der Waals surface area contributed by atoms with Crippen molar-refractivity contribution in [1.82, 2.24) is 4.57 Å². The van der Waals surface area contributed by atoms with Crippen molar-refractivity contribution in [2.75, 3.05) is 0 Å². The Morgan fingerprint density at radius 2 is 0.943 bits per heavy atom. The summed E-state index contributed by atoms with van der Waals surface area (Å²) in [6.07, 6.45) is 0. The van der Waals surface area contributed by atoms with E-state index in [9.17, 15) is 0 Å². The molecule has 0 bridgehead atoms. The number of benzene rings is 9. The van der Waals surface area contributed by atoms with Gasteiger partial charge < -0.3 is 9.13 Å². The van der Waals surface area contributed by atoms with Crippen molar-refractivity contribution in [3.63, 3.8) is 0 Å². The lowest BCUT2D eigenvalue weighted by atomic mass is 9.86. The average Bonchev–Trinajstić information content (AvgIpc) is 3.70. The number of hydrogen-bond acceptors (Lipinski definition) is 1. The first-order valence-electron chi connectivity index (χ1n) is 18.1. The molecule has 1 aliphatic heterocycles. The van der Waals surface area contributed by atoms with E-state index >= 15 is 4.57 Å². The Labute approximate surface area is 307 Å². The maximum absolute atomic E-state index is 15.9. The normalized spacial score (nSPS) is 14.9. The second-order valence-electron chi connectivity index (χ2n) is 13.9. The lowest BCUT2D eigenvalue weighted by molar-refractivity contribution is 0.593. The summed E-state index contributed by atoms with van der Waals surface area (Å²) in [6, 6.07) is 68.7. The molecule has 53 heavy (non-hydrogen) atoms. The summed E-state index contributed by atoms with van der Waals surface area (Å²) in [6.45, 7) is 0. The zero-order chi connectivity index (χ0) is 35.1. The number of rotatable bonds is 4. The monoisotopic (exact) mass is 693 g/mol. The summed E-state index contributed by atoms with van der Waals surface area (Å²) in [5.41, 5.74) is 10.2. The van der Waals surface area contributed by atoms with Crippen LogP contribution in [0.15, 0.2) is 194 Å². The van der Waals surface area contributed by atoms with Crippen LogP contribution in [-0.2, 0) is 4.57 Å². The quantitative estimate of drug-likeness (QED) is 0.133. The fourth-order valence-corrected chi connectivity index (χ4v) is 12.3. The average molecular weight is 694 g/mol. The maximum Gasteiger partial charge on any atom is 0.172 e. The van der Waals surface area contributed by atoms with Crippen molar-refractivity contribution in [1.29, 1.82) is 0 Å². The Morgan fingerprint density at radius 3 is 1.64 bits per heavy atom. The molecule has 0 amide bonds. The molecule has 2 nitrogen and oxygen atoms in total. The Balaban J connectivity index is 1.27. The Morgan fingerprint density at radius 1 is 0.396 bits per heavy atom. The Bertz CT molecular complexity index is 3130. The van der Waals surface area contributed by atoms with Gasteiger partial charge in [0, 0.05) is 32.4 Å². The Kier molecular flexibility index (Phi) is 6.56. The number of nitrogens with zero attached hydrogens (tertiary/aromatic N) is 1. The van der Waals surface area contributed by atoms with Gasteiger partial charge in [0.05, 0.1) is 11.0 Å². The summed E-state index contributed by atoms with van der Waals surface area (Å²) in [4.78, 5) is 0. The lowest BCUT2D eigenvalue weighted by Gasteiger charge is -2.19. The highest BCUT2D eigenvalue weighted by Crippen LogP contribution is 2.55. The fraction of sp³-hybridized carbons (Fsp3) is 0. The van der Waals surface area contributed by atoms with Crippen LogP contribution >= 0.6 is 7.14 Å². The summed E-state index contributed by atoms with van der Waals surface area (Å²) < 4.78 is 18.3. The molecular formula is C50H32NOP. The molecule has 11 rings (SSSR count). The topological polar surface area (TPSA) is 22.0 Å². The molecule has 1 aromatic heterocycles. The first-order chi connectivity index (χ1) is 26.2. The van der Waals surface area contributed by atoms with E-state index < -0.39 is 7.14 Å². The van der Waals surface area contributed by atoms with Gasteiger partial charge >= 0.3 is 0 Å². The number of para-hydroxylation sites is 1. The van der Waals surface area contributed by atoms with Crippen molar-refractivity contribution < 1.29 is 4.57 Å². The summed E-state index contributed by atoms with van der Waals surface area (Å²) >= 11 is 0. The molecule has 0 spiro atoms. The third-order valence-corrected chi connectivity index (χ3v) is 14.4. The molecule has 10 aromatic rings. The molecule has 248 valence electrons. The second-order valence-corrected chi connectivity index (χ2v) is 16.6. The summed E-state index contributed by atoms with van der Waals surface area (Å²) in [5, 5.41) is 9.77. The van der Waals surface area contributed by atoms with Gasteiger partial charge in [-0.3, -0.25) is 0 Å². The molecule has 2 heterocycles. The molecule has 0 saturated carbocycles. The van der Waals surface area contributed by atoms with E-state index in [0.29, 0.717) is 0 Å². The SMILES string of the molecule is O=P1(c2ccccc2)c2ccccc2-c2ccc3c(c21)c1ccccc1n3-c1ccc2c(-c3ccccc3)c3ccccc3c(-c3ccccc3)c2c1. The minimum Gasteiger partial charge on any atom is -0.309 e. The van der Waals surface area contributed by atoms with Gasteiger partial charge in [-0.2, -0.15) is 0 Å². The number of hydrogen-bond donors (Lipinski definition) is 0. The standard InChI is InChI=1S/C50H32NOP/c52-53(36-20-8-3-9-21-36)46-27-15-13-22-37(46)41-30-31-45-49(50(41)53)42-25-12-14-26-44(42)51(45)35-28-29-40-43(32-35)48(34-18-6-2-7-19-34)39-24-11-10-23-38(39)47(40)33-16-4-1-5-17-33/h1-32H. The maximum atomic E-state index is 15.9. The van der Waals surface area contributed by atoms with Gasteiger partial charge in [-0.15, -0.1) is 0 Å². The van der Waals surface area contributed by atoms with Gasteiger partial charge in [0.2, 0.25) is 0 Å². The fourth-order valence-electron chi connectivity index (χ4n) is 9.00. The van der Waals surface area contributed by atoms with E-state index in [4.69, 9.17) is 0 Å². The van der Waals surface area contributed by atoms with E-state index in [0.717, 1.165) is 54.5 Å². The van der Waals surface area contributed by atoms with E-state index in [2.05, 4.69) is 162 Å². The van der Waals surface area contributed by atoms with Gasteiger partial charge in [-0.05, 0) is 79.2 Å². The van der Waals surface area contributed by atoms with Crippen LogP contribution in [0.5, 0.6) is 0 Å². The van der Waals surface area contributed by atoms with Crippen LogP contribution in [0.25, 0.3) is 82.4 Å². The largest absolute Gasteiger partial charge is 0.309 e. The molecule has 0 radical (unpaired) electrons. The van der Waals surface area contributed by atoms with Gasteiger partial charge in [0.1, 0.15) is 0 Å². The molecule has 1 atom stereocenters. The molecular weight excluding hydrogens is 662 g/mol. The third kappa shape index (κ3) is 4.25. The first-order valence-corrected chi connectivity index (χ1v) is 19.8. The minimum atomic E-state index is -3.20. The molecule has 0 aliphatic carbocycles. The van der Waals surface area contributed by atoms with Crippen LogP contribution in [0.4, 0.5) is 0 Å².